The fraction of sp³-hybridized carbons (Fsp3) is 0.348. The molecule has 0 radical (unpaired) electrons. The molecule has 0 saturated heterocycles. The van der Waals surface area contributed by atoms with Crippen LogP contribution in [-0.4, -0.2) is 21.0 Å². The Bertz CT molecular complexity index is 1660. The van der Waals surface area contributed by atoms with Crippen molar-refractivity contribution in [3.63, 3.8) is 0 Å². The summed E-state index contributed by atoms with van der Waals surface area (Å²) in [6.45, 7) is 17.5. The lowest BCUT2D eigenvalue weighted by Gasteiger charge is -2.07. The van der Waals surface area contributed by atoms with Crippen LogP contribution in [-0.2, 0) is 32.1 Å². The van der Waals surface area contributed by atoms with Crippen LogP contribution in [0.2, 0.25) is 0 Å². The number of methoxy groups -OCH3 is 2. The molecule has 5 aromatic rings. The van der Waals surface area contributed by atoms with Gasteiger partial charge >= 0.3 is 0 Å². The number of fused-ring (bicyclic) bond motifs is 1. The maximum atomic E-state index is 5.22. The van der Waals surface area contributed by atoms with Gasteiger partial charge in [-0.2, -0.15) is 0 Å². The summed E-state index contributed by atoms with van der Waals surface area (Å²) < 4.78 is 20.7. The third kappa shape index (κ3) is 14.8. The Balaban J connectivity index is 0.000000218. The van der Waals surface area contributed by atoms with Gasteiger partial charge in [-0.25, -0.2) is 0 Å². The molecule has 268 valence electrons. The van der Waals surface area contributed by atoms with Crippen molar-refractivity contribution in [1.82, 2.24) is 0 Å². The van der Waals surface area contributed by atoms with Crippen molar-refractivity contribution in [1.29, 1.82) is 0 Å². The minimum Gasteiger partial charge on any atom is -0.493 e. The molecule has 0 saturated carbocycles. The highest BCUT2D eigenvalue weighted by atomic mass is 16.7. The van der Waals surface area contributed by atoms with Crippen molar-refractivity contribution in [3.05, 3.63) is 154 Å². The Labute approximate surface area is 303 Å². The number of benzene rings is 5. The summed E-state index contributed by atoms with van der Waals surface area (Å²) in [4.78, 5) is 0. The second kappa shape index (κ2) is 23.6. The second-order valence-electron chi connectivity index (χ2n) is 12.0. The summed E-state index contributed by atoms with van der Waals surface area (Å²) in [7, 11) is 3.29. The minimum atomic E-state index is 0.364. The van der Waals surface area contributed by atoms with Crippen LogP contribution in [0, 0.1) is 20.8 Å². The van der Waals surface area contributed by atoms with Crippen molar-refractivity contribution in [2.24, 2.45) is 0 Å². The van der Waals surface area contributed by atoms with Crippen molar-refractivity contribution in [2.75, 3.05) is 21.0 Å². The third-order valence-corrected chi connectivity index (χ3v) is 8.36. The summed E-state index contributed by atoms with van der Waals surface area (Å²) in [5.41, 5.74) is 10.9. The molecule has 4 nitrogen and oxygen atoms in total. The Kier molecular flexibility index (Phi) is 19.6. The zero-order chi connectivity index (χ0) is 36.7. The maximum absolute atomic E-state index is 5.22. The molecule has 1 heterocycles. The quantitative estimate of drug-likeness (QED) is 0.172. The standard InChI is InChI=1S/C10H14O2.C9H10O2.3C9H12/c1-4-8-5-6-9(11-2)10(7-8)12-3;1-2-7-3-4-8-9(5-7)11-6-10-8;1-3-9-6-4-8(2)5-7-9;1-3-9-6-4-5-8(2)7-9;1-3-9-7-5-4-6-8(9)2/h5-7H,4H2,1-3H3;3-5H,2,6H2,1H3;3*4-7H,3H2,1-2H3. The molecular formula is C46H60O4. The molecule has 4 heteroatoms. The zero-order valence-electron chi connectivity index (χ0n) is 32.3. The van der Waals surface area contributed by atoms with Gasteiger partial charge in [0.05, 0.1) is 14.2 Å². The van der Waals surface area contributed by atoms with Gasteiger partial charge in [0.2, 0.25) is 6.79 Å². The first-order valence-electron chi connectivity index (χ1n) is 18.0. The van der Waals surface area contributed by atoms with E-state index in [9.17, 15) is 0 Å². The van der Waals surface area contributed by atoms with E-state index in [0.29, 0.717) is 6.79 Å². The van der Waals surface area contributed by atoms with E-state index in [1.165, 1.54) is 44.5 Å². The highest BCUT2D eigenvalue weighted by molar-refractivity contribution is 5.44. The fourth-order valence-electron chi connectivity index (χ4n) is 5.02. The minimum absolute atomic E-state index is 0.364. The van der Waals surface area contributed by atoms with Crippen LogP contribution < -0.4 is 18.9 Å². The summed E-state index contributed by atoms with van der Waals surface area (Å²) in [5.74, 6) is 3.33. The lowest BCUT2D eigenvalue weighted by atomic mass is 10.1. The van der Waals surface area contributed by atoms with Crippen molar-refractivity contribution in [2.45, 2.75) is 87.5 Å². The SMILES string of the molecule is CCc1ccc(C)cc1.CCc1ccc(OC)c(OC)c1.CCc1ccc2c(c1)OCO2.CCc1cccc(C)c1.CCc1ccccc1C. The Morgan fingerprint density at radius 3 is 1.56 bits per heavy atom. The maximum Gasteiger partial charge on any atom is 0.231 e. The summed E-state index contributed by atoms with van der Waals surface area (Å²) in [5, 5.41) is 0. The molecule has 0 amide bonds. The van der Waals surface area contributed by atoms with Crippen LogP contribution in [0.15, 0.2) is 109 Å². The van der Waals surface area contributed by atoms with Gasteiger partial charge in [0.15, 0.2) is 23.0 Å². The average Bonchev–Trinajstić information content (AvgIpc) is 3.64. The normalized spacial score (nSPS) is 10.4. The third-order valence-electron chi connectivity index (χ3n) is 8.36. The average molecular weight is 677 g/mol. The first-order chi connectivity index (χ1) is 24.2. The molecular weight excluding hydrogens is 617 g/mol. The fourth-order valence-corrected chi connectivity index (χ4v) is 5.02. The number of hydrogen-bond acceptors (Lipinski definition) is 4. The van der Waals surface area contributed by atoms with Gasteiger partial charge in [-0.05, 0) is 111 Å². The van der Waals surface area contributed by atoms with Crippen LogP contribution in [0.3, 0.4) is 0 Å². The largest absolute Gasteiger partial charge is 0.493 e. The molecule has 0 aliphatic carbocycles. The predicted molar refractivity (Wildman–Crippen MR) is 213 cm³/mol. The first kappa shape index (κ1) is 41.5. The first-order valence-corrected chi connectivity index (χ1v) is 18.0. The molecule has 0 bridgehead atoms. The van der Waals surface area contributed by atoms with E-state index < -0.39 is 0 Å². The van der Waals surface area contributed by atoms with Crippen LogP contribution in [0.5, 0.6) is 23.0 Å². The van der Waals surface area contributed by atoms with Gasteiger partial charge in [0.25, 0.3) is 0 Å². The Morgan fingerprint density at radius 1 is 0.460 bits per heavy atom. The molecule has 1 aliphatic heterocycles. The van der Waals surface area contributed by atoms with Crippen LogP contribution >= 0.6 is 0 Å². The molecule has 0 spiro atoms. The zero-order valence-corrected chi connectivity index (χ0v) is 32.3. The Hall–Kier alpha value is -4.70. The molecule has 0 aromatic heterocycles. The van der Waals surface area contributed by atoms with Gasteiger partial charge in [-0.3, -0.25) is 0 Å². The highest BCUT2D eigenvalue weighted by Crippen LogP contribution is 2.32. The van der Waals surface area contributed by atoms with Crippen molar-refractivity contribution >= 4 is 0 Å². The van der Waals surface area contributed by atoms with Gasteiger partial charge in [0, 0.05) is 0 Å². The Morgan fingerprint density at radius 2 is 1.02 bits per heavy atom. The molecule has 0 unspecified atom stereocenters. The molecule has 1 aliphatic rings. The van der Waals surface area contributed by atoms with E-state index in [1.54, 1.807) is 14.2 Å². The topological polar surface area (TPSA) is 36.9 Å². The second-order valence-corrected chi connectivity index (χ2v) is 12.0. The van der Waals surface area contributed by atoms with Crippen LogP contribution in [0.1, 0.15) is 79.1 Å². The van der Waals surface area contributed by atoms with Gasteiger partial charge < -0.3 is 18.9 Å². The highest BCUT2D eigenvalue weighted by Gasteiger charge is 2.12. The predicted octanol–water partition coefficient (Wildman–Crippen LogP) is 11.9. The van der Waals surface area contributed by atoms with Crippen molar-refractivity contribution < 1.29 is 18.9 Å². The van der Waals surface area contributed by atoms with E-state index in [-0.39, 0.29) is 0 Å². The molecule has 6 rings (SSSR count). The summed E-state index contributed by atoms with van der Waals surface area (Å²) >= 11 is 0. The van der Waals surface area contributed by atoms with E-state index >= 15 is 0 Å². The van der Waals surface area contributed by atoms with Gasteiger partial charge in [-0.1, -0.05) is 131 Å². The van der Waals surface area contributed by atoms with Gasteiger partial charge in [-0.15, -0.1) is 0 Å². The molecule has 0 N–H and O–H groups in total. The molecule has 5 aromatic carbocycles. The monoisotopic (exact) mass is 676 g/mol. The van der Waals surface area contributed by atoms with E-state index in [2.05, 4.69) is 134 Å². The van der Waals surface area contributed by atoms with E-state index in [1.807, 2.05) is 30.3 Å². The van der Waals surface area contributed by atoms with E-state index in [4.69, 9.17) is 18.9 Å². The lowest BCUT2D eigenvalue weighted by molar-refractivity contribution is 0.174. The number of aryl methyl sites for hydroxylation is 8. The molecule has 0 fully saturated rings. The lowest BCUT2D eigenvalue weighted by Crippen LogP contribution is -1.92. The number of rotatable bonds is 7. The molecule has 50 heavy (non-hydrogen) atoms. The number of hydrogen-bond donors (Lipinski definition) is 0. The van der Waals surface area contributed by atoms with Crippen LogP contribution in [0.25, 0.3) is 0 Å². The summed E-state index contributed by atoms with van der Waals surface area (Å²) in [6, 6.07) is 37.8. The van der Waals surface area contributed by atoms with E-state index in [0.717, 1.165) is 55.1 Å². The smallest absolute Gasteiger partial charge is 0.231 e. The van der Waals surface area contributed by atoms with Gasteiger partial charge in [0.1, 0.15) is 0 Å². The summed E-state index contributed by atoms with van der Waals surface area (Å²) in [6.07, 6.45) is 5.48. The van der Waals surface area contributed by atoms with Crippen molar-refractivity contribution in [3.8, 4) is 23.0 Å². The molecule has 0 atom stereocenters. The van der Waals surface area contributed by atoms with Crippen LogP contribution in [0.4, 0.5) is 0 Å². The number of ether oxygens (including phenoxy) is 4.